The van der Waals surface area contributed by atoms with Crippen molar-refractivity contribution in [3.05, 3.63) is 83.1 Å². The van der Waals surface area contributed by atoms with E-state index in [-0.39, 0.29) is 22.6 Å². The van der Waals surface area contributed by atoms with Crippen molar-refractivity contribution in [2.75, 3.05) is 0 Å². The van der Waals surface area contributed by atoms with Crippen molar-refractivity contribution >= 4 is 0 Å². The van der Waals surface area contributed by atoms with Crippen LogP contribution >= 0.6 is 0 Å². The fourth-order valence-electron chi connectivity index (χ4n) is 6.13. The van der Waals surface area contributed by atoms with E-state index in [2.05, 4.69) is 34.1 Å². The van der Waals surface area contributed by atoms with Gasteiger partial charge in [0.1, 0.15) is 11.6 Å². The molecule has 1 aromatic carbocycles. The normalized spacial score (nSPS) is 22.9. The molecule has 178 valence electrons. The summed E-state index contributed by atoms with van der Waals surface area (Å²) >= 11 is 0. The van der Waals surface area contributed by atoms with Crippen molar-refractivity contribution in [3.63, 3.8) is 0 Å². The van der Waals surface area contributed by atoms with Gasteiger partial charge in [0, 0.05) is 12.4 Å². The van der Waals surface area contributed by atoms with Crippen molar-refractivity contribution in [2.24, 2.45) is 5.41 Å². The van der Waals surface area contributed by atoms with E-state index in [0.717, 1.165) is 29.8 Å². The van der Waals surface area contributed by atoms with Crippen LogP contribution in [0.25, 0.3) is 17.2 Å². The maximum Gasteiger partial charge on any atom is 0.250 e. The van der Waals surface area contributed by atoms with Gasteiger partial charge in [-0.3, -0.25) is 0 Å². The Bertz CT molecular complexity index is 1450. The molecule has 2 aliphatic carbocycles. The Hall–Kier alpha value is -3.59. The van der Waals surface area contributed by atoms with Crippen LogP contribution in [0.4, 0.5) is 8.78 Å². The van der Waals surface area contributed by atoms with Crippen LogP contribution in [-0.2, 0) is 5.41 Å². The monoisotopic (exact) mass is 474 g/mol. The second kappa shape index (κ2) is 7.45. The molecule has 0 radical (unpaired) electrons. The highest BCUT2D eigenvalue weighted by atomic mass is 19.1. The quantitative estimate of drug-likeness (QED) is 0.463. The van der Waals surface area contributed by atoms with Crippen LogP contribution < -0.4 is 0 Å². The minimum Gasteiger partial charge on any atom is -0.387 e. The zero-order valence-electron chi connectivity index (χ0n) is 19.6. The average molecular weight is 475 g/mol. The fourth-order valence-corrected chi connectivity index (χ4v) is 6.13. The Morgan fingerprint density at radius 1 is 1.11 bits per heavy atom. The topological polar surface area (TPSA) is 89.6 Å². The van der Waals surface area contributed by atoms with Crippen molar-refractivity contribution in [2.45, 2.75) is 51.0 Å². The van der Waals surface area contributed by atoms with E-state index < -0.39 is 23.2 Å². The predicted molar refractivity (Wildman–Crippen MR) is 124 cm³/mol. The van der Waals surface area contributed by atoms with Gasteiger partial charge in [0.25, 0.3) is 5.95 Å². The lowest BCUT2D eigenvalue weighted by molar-refractivity contribution is 0.193. The molecule has 1 N–H and O–H groups in total. The first-order chi connectivity index (χ1) is 16.7. The van der Waals surface area contributed by atoms with E-state index in [0.29, 0.717) is 11.6 Å². The van der Waals surface area contributed by atoms with Gasteiger partial charge in [-0.2, -0.15) is 10.2 Å². The lowest BCUT2D eigenvalue weighted by atomic mass is 9.66. The number of hydrogen-bond donors (Lipinski definition) is 1. The molecule has 3 heterocycles. The molecule has 4 aromatic rings. The Morgan fingerprint density at radius 3 is 2.60 bits per heavy atom. The summed E-state index contributed by atoms with van der Waals surface area (Å²) in [5.74, 6) is -0.777. The number of fused-ring (bicyclic) bond motifs is 5. The van der Waals surface area contributed by atoms with Crippen LogP contribution in [0.1, 0.15) is 68.3 Å². The molecular weight excluding hydrogens is 450 g/mol. The molecule has 6 rings (SSSR count). The molecule has 1 saturated carbocycles. The van der Waals surface area contributed by atoms with Gasteiger partial charge in [-0.15, -0.1) is 5.10 Å². The first-order valence-corrected chi connectivity index (χ1v) is 11.6. The summed E-state index contributed by atoms with van der Waals surface area (Å²) in [4.78, 5) is 9.29. The number of halogens is 2. The highest BCUT2D eigenvalue weighted by molar-refractivity contribution is 5.64. The van der Waals surface area contributed by atoms with Crippen LogP contribution in [-0.4, -0.2) is 35.1 Å². The first-order valence-electron chi connectivity index (χ1n) is 11.6. The number of rotatable bonds is 4. The second-order valence-corrected chi connectivity index (χ2v) is 9.95. The molecule has 0 spiro atoms. The first kappa shape index (κ1) is 21.9. The van der Waals surface area contributed by atoms with E-state index in [9.17, 15) is 13.9 Å². The minimum atomic E-state index is -0.696. The second-order valence-electron chi connectivity index (χ2n) is 9.95. The molecule has 0 saturated heterocycles. The summed E-state index contributed by atoms with van der Waals surface area (Å²) in [6.07, 6.45) is 4.46. The molecule has 0 amide bonds. The van der Waals surface area contributed by atoms with Gasteiger partial charge in [0.2, 0.25) is 0 Å². The third kappa shape index (κ3) is 2.94. The smallest absolute Gasteiger partial charge is 0.250 e. The van der Waals surface area contributed by atoms with Gasteiger partial charge in [0.05, 0.1) is 39.9 Å². The van der Waals surface area contributed by atoms with E-state index in [1.165, 1.54) is 18.2 Å². The fraction of sp³-hybridized carbons (Fsp3) is 0.346. The van der Waals surface area contributed by atoms with Crippen LogP contribution in [0.2, 0.25) is 0 Å². The molecule has 3 aromatic heterocycles. The third-order valence-electron chi connectivity index (χ3n) is 7.92. The Kier molecular flexibility index (Phi) is 4.67. The highest BCUT2D eigenvalue weighted by Crippen LogP contribution is 2.69. The van der Waals surface area contributed by atoms with Crippen LogP contribution in [0.3, 0.4) is 0 Å². The minimum absolute atomic E-state index is 0.145. The van der Waals surface area contributed by atoms with E-state index in [1.54, 1.807) is 36.1 Å². The lowest BCUT2D eigenvalue weighted by Gasteiger charge is -2.37. The molecule has 9 heteroatoms. The number of aromatic nitrogens is 6. The number of aliphatic hydroxyl groups is 1. The SMILES string of the molecule is CC(O)c1ccn(-c2nccc([C@]34CC[C@@H](c5cc(-c6c(F)cccc6F)nnc53)C4(C)C)n2)n1. The van der Waals surface area contributed by atoms with Crippen molar-refractivity contribution < 1.29 is 13.9 Å². The maximum absolute atomic E-state index is 14.5. The predicted octanol–water partition coefficient (Wildman–Crippen LogP) is 4.65. The standard InChI is InChI=1S/C26H24F2N6O/c1-14(35)19-9-12-34(33-19)24-29-11-8-21(30-24)26-10-7-16(25(26,2)3)15-13-20(31-32-23(15)26)22-17(27)5-4-6-18(22)28/h4-6,8-9,11-14,16,35H,7,10H2,1-3H3/t14?,16-,26+/m0/s1. The van der Waals surface area contributed by atoms with Gasteiger partial charge in [-0.1, -0.05) is 19.9 Å². The number of nitrogens with zero attached hydrogens (tertiary/aromatic N) is 6. The number of hydrogen-bond acceptors (Lipinski definition) is 6. The maximum atomic E-state index is 14.5. The largest absolute Gasteiger partial charge is 0.387 e. The van der Waals surface area contributed by atoms with Crippen molar-refractivity contribution in [1.29, 1.82) is 0 Å². The molecule has 2 bridgehead atoms. The molecule has 1 fully saturated rings. The van der Waals surface area contributed by atoms with Gasteiger partial charge < -0.3 is 5.11 Å². The molecule has 35 heavy (non-hydrogen) atoms. The summed E-state index contributed by atoms with van der Waals surface area (Å²) in [5.41, 5.74) is 2.36. The van der Waals surface area contributed by atoms with E-state index >= 15 is 0 Å². The number of aliphatic hydroxyl groups excluding tert-OH is 1. The Balaban J connectivity index is 1.49. The molecule has 0 aliphatic heterocycles. The van der Waals surface area contributed by atoms with Crippen LogP contribution in [0.15, 0.2) is 48.8 Å². The summed E-state index contributed by atoms with van der Waals surface area (Å²) in [5, 5.41) is 23.1. The summed E-state index contributed by atoms with van der Waals surface area (Å²) in [7, 11) is 0. The van der Waals surface area contributed by atoms with Gasteiger partial charge in [0.15, 0.2) is 0 Å². The third-order valence-corrected chi connectivity index (χ3v) is 7.92. The molecule has 7 nitrogen and oxygen atoms in total. The number of benzene rings is 1. The van der Waals surface area contributed by atoms with Crippen LogP contribution in [0.5, 0.6) is 0 Å². The summed E-state index contributed by atoms with van der Waals surface area (Å²) in [6, 6.07) is 9.21. The molecular formula is C26H24F2N6O. The average Bonchev–Trinajstić information content (AvgIpc) is 3.48. The molecule has 3 atom stereocenters. The van der Waals surface area contributed by atoms with Crippen LogP contribution in [0, 0.1) is 17.0 Å². The van der Waals surface area contributed by atoms with E-state index in [1.807, 2.05) is 6.07 Å². The zero-order valence-corrected chi connectivity index (χ0v) is 19.6. The van der Waals surface area contributed by atoms with Crippen molar-refractivity contribution in [3.8, 4) is 17.2 Å². The van der Waals surface area contributed by atoms with Gasteiger partial charge in [-0.25, -0.2) is 23.4 Å². The lowest BCUT2D eigenvalue weighted by Crippen LogP contribution is -2.38. The van der Waals surface area contributed by atoms with Gasteiger partial charge in [-0.05, 0) is 67.0 Å². The highest BCUT2D eigenvalue weighted by Gasteiger charge is 2.65. The Labute approximate surface area is 200 Å². The summed E-state index contributed by atoms with van der Waals surface area (Å²) in [6.45, 7) is 6.04. The Morgan fingerprint density at radius 2 is 1.89 bits per heavy atom. The molecule has 2 aliphatic rings. The molecule has 1 unspecified atom stereocenters. The zero-order chi connectivity index (χ0) is 24.5. The summed E-state index contributed by atoms with van der Waals surface area (Å²) < 4.78 is 30.5. The van der Waals surface area contributed by atoms with Gasteiger partial charge >= 0.3 is 0 Å². The van der Waals surface area contributed by atoms with Crippen molar-refractivity contribution in [1.82, 2.24) is 29.9 Å². The van der Waals surface area contributed by atoms with E-state index in [4.69, 9.17) is 4.98 Å².